The summed E-state index contributed by atoms with van der Waals surface area (Å²) in [6.07, 6.45) is 1.59. The van der Waals surface area contributed by atoms with Crippen LogP contribution in [0.15, 0.2) is 36.7 Å². The Hall–Kier alpha value is -2.90. The fourth-order valence-electron chi connectivity index (χ4n) is 2.35. The van der Waals surface area contributed by atoms with Gasteiger partial charge in [-0.3, -0.25) is 4.79 Å². The first-order valence-corrected chi connectivity index (χ1v) is 7.22. The summed E-state index contributed by atoms with van der Waals surface area (Å²) >= 11 is 0. The number of aromatic nitrogens is 3. The molecule has 0 aliphatic carbocycles. The molecule has 0 fully saturated rings. The highest BCUT2D eigenvalue weighted by atomic mass is 16.4. The Morgan fingerprint density at radius 2 is 2.04 bits per heavy atom. The normalized spacial score (nSPS) is 11.9. The van der Waals surface area contributed by atoms with Crippen molar-refractivity contribution >= 4 is 17.8 Å². The van der Waals surface area contributed by atoms with Gasteiger partial charge in [-0.25, -0.2) is 14.5 Å². The van der Waals surface area contributed by atoms with Crippen molar-refractivity contribution in [3.8, 4) is 0 Å². The number of rotatable bonds is 7. The lowest BCUT2D eigenvalue weighted by atomic mass is 10.0. The number of carbonyl (C=O) groups is 2. The number of nitrogens with zero attached hydrogens (tertiary/aromatic N) is 4. The molecule has 2 rings (SSSR count). The highest BCUT2D eigenvalue weighted by Crippen LogP contribution is 2.11. The number of anilines is 1. The van der Waals surface area contributed by atoms with Crippen LogP contribution in [0.5, 0.6) is 0 Å². The first-order chi connectivity index (χ1) is 11.0. The molecule has 1 aromatic carbocycles. The Bertz CT molecular complexity index is 671. The van der Waals surface area contributed by atoms with E-state index in [0.29, 0.717) is 0 Å². The molecule has 122 valence electrons. The predicted octanol–water partition coefficient (Wildman–Crippen LogP) is 0.405. The van der Waals surface area contributed by atoms with Gasteiger partial charge in [0.15, 0.2) is 0 Å². The van der Waals surface area contributed by atoms with E-state index in [1.54, 1.807) is 6.92 Å². The molecule has 1 atom stereocenters. The molecule has 0 radical (unpaired) electrons. The Morgan fingerprint density at radius 3 is 2.57 bits per heavy atom. The zero-order chi connectivity index (χ0) is 16.8. The predicted molar refractivity (Wildman–Crippen MR) is 83.4 cm³/mol. The van der Waals surface area contributed by atoms with Gasteiger partial charge in [-0.1, -0.05) is 30.3 Å². The van der Waals surface area contributed by atoms with Crippen molar-refractivity contribution in [2.75, 3.05) is 12.3 Å². The van der Waals surface area contributed by atoms with Gasteiger partial charge in [0, 0.05) is 13.0 Å². The van der Waals surface area contributed by atoms with Gasteiger partial charge in [-0.05, 0) is 12.5 Å². The number of amides is 1. The number of benzene rings is 1. The average molecular weight is 317 g/mol. The molecule has 2 aromatic rings. The molecule has 0 saturated carbocycles. The maximum absolute atomic E-state index is 12.4. The number of carboxylic acids is 1. The summed E-state index contributed by atoms with van der Waals surface area (Å²) in [7, 11) is 0. The van der Waals surface area contributed by atoms with Crippen molar-refractivity contribution in [1.29, 1.82) is 0 Å². The topological polar surface area (TPSA) is 114 Å². The molecule has 1 amide bonds. The number of nitrogen functional groups attached to an aromatic ring is 1. The Labute approximate surface area is 133 Å². The maximum atomic E-state index is 12.4. The molecule has 3 N–H and O–H groups in total. The first-order valence-electron chi connectivity index (χ1n) is 7.22. The molecule has 1 unspecified atom stereocenters. The van der Waals surface area contributed by atoms with E-state index in [9.17, 15) is 14.7 Å². The van der Waals surface area contributed by atoms with Gasteiger partial charge < -0.3 is 15.7 Å². The van der Waals surface area contributed by atoms with Crippen LogP contribution in [0.2, 0.25) is 0 Å². The molecule has 1 aromatic heterocycles. The highest BCUT2D eigenvalue weighted by molar-refractivity contribution is 5.83. The van der Waals surface area contributed by atoms with Crippen LogP contribution in [0.3, 0.4) is 0 Å². The maximum Gasteiger partial charge on any atom is 0.326 e. The van der Waals surface area contributed by atoms with Crippen LogP contribution in [-0.2, 0) is 22.6 Å². The van der Waals surface area contributed by atoms with Crippen LogP contribution in [0, 0.1) is 0 Å². The van der Waals surface area contributed by atoms with Crippen LogP contribution in [-0.4, -0.2) is 49.2 Å². The van der Waals surface area contributed by atoms with Crippen LogP contribution in [0.25, 0.3) is 0 Å². The molecular formula is C15H19N5O3. The van der Waals surface area contributed by atoms with E-state index >= 15 is 0 Å². The lowest BCUT2D eigenvalue weighted by molar-refractivity contribution is -0.150. The Balaban J connectivity index is 2.13. The quantitative estimate of drug-likeness (QED) is 0.764. The van der Waals surface area contributed by atoms with E-state index in [1.165, 1.54) is 15.9 Å². The third kappa shape index (κ3) is 4.29. The monoisotopic (exact) mass is 317 g/mol. The summed E-state index contributed by atoms with van der Waals surface area (Å²) in [6, 6.07) is 8.28. The summed E-state index contributed by atoms with van der Waals surface area (Å²) in [5.74, 6) is -1.32. The standard InChI is InChI=1S/C15H19N5O3/c1-2-20(13(21)9-19-10-17-15(16)18-19)12(14(22)23)8-11-6-4-3-5-7-11/h3-7,10,12H,2,8-9H2,1H3,(H2,16,18)(H,22,23). The molecule has 0 bridgehead atoms. The minimum atomic E-state index is -1.04. The van der Waals surface area contributed by atoms with Crippen LogP contribution in [0.1, 0.15) is 12.5 Å². The van der Waals surface area contributed by atoms with E-state index in [4.69, 9.17) is 5.73 Å². The van der Waals surface area contributed by atoms with E-state index < -0.39 is 12.0 Å². The van der Waals surface area contributed by atoms with Gasteiger partial charge in [0.25, 0.3) is 0 Å². The second-order valence-corrected chi connectivity index (χ2v) is 5.02. The lowest BCUT2D eigenvalue weighted by Crippen LogP contribution is -2.47. The summed E-state index contributed by atoms with van der Waals surface area (Å²) in [6.45, 7) is 1.93. The van der Waals surface area contributed by atoms with Gasteiger partial charge >= 0.3 is 5.97 Å². The molecule has 1 heterocycles. The summed E-state index contributed by atoms with van der Waals surface area (Å²) < 4.78 is 1.29. The van der Waals surface area contributed by atoms with E-state index in [-0.39, 0.29) is 31.4 Å². The third-order valence-electron chi connectivity index (χ3n) is 3.45. The van der Waals surface area contributed by atoms with Crippen LogP contribution in [0.4, 0.5) is 5.95 Å². The fraction of sp³-hybridized carbons (Fsp3) is 0.333. The molecule has 8 nitrogen and oxygen atoms in total. The number of carbonyl (C=O) groups excluding carboxylic acids is 1. The molecular weight excluding hydrogens is 298 g/mol. The van der Waals surface area contributed by atoms with E-state index in [0.717, 1.165) is 5.56 Å². The fourth-order valence-corrected chi connectivity index (χ4v) is 2.35. The van der Waals surface area contributed by atoms with Crippen molar-refractivity contribution in [3.05, 3.63) is 42.2 Å². The number of carboxylic acid groups (broad SMARTS) is 1. The zero-order valence-corrected chi connectivity index (χ0v) is 12.8. The molecule has 0 aliphatic heterocycles. The van der Waals surface area contributed by atoms with E-state index in [1.807, 2.05) is 30.3 Å². The summed E-state index contributed by atoms with van der Waals surface area (Å²) in [4.78, 5) is 29.1. The molecule has 0 aliphatic rings. The Kier molecular flexibility index (Phi) is 5.29. The molecule has 23 heavy (non-hydrogen) atoms. The smallest absolute Gasteiger partial charge is 0.326 e. The van der Waals surface area contributed by atoms with Gasteiger partial charge in [-0.15, -0.1) is 5.10 Å². The third-order valence-corrected chi connectivity index (χ3v) is 3.45. The largest absolute Gasteiger partial charge is 0.480 e. The van der Waals surface area contributed by atoms with Gasteiger partial charge in [0.1, 0.15) is 18.9 Å². The second kappa shape index (κ2) is 7.39. The van der Waals surface area contributed by atoms with Crippen molar-refractivity contribution < 1.29 is 14.7 Å². The van der Waals surface area contributed by atoms with Crippen molar-refractivity contribution in [3.63, 3.8) is 0 Å². The summed E-state index contributed by atoms with van der Waals surface area (Å²) in [5, 5.41) is 13.4. The highest BCUT2D eigenvalue weighted by Gasteiger charge is 2.28. The van der Waals surface area contributed by atoms with Crippen LogP contribution >= 0.6 is 0 Å². The van der Waals surface area contributed by atoms with E-state index in [2.05, 4.69) is 10.1 Å². The summed E-state index contributed by atoms with van der Waals surface area (Å²) in [5.41, 5.74) is 6.27. The minimum Gasteiger partial charge on any atom is -0.480 e. The van der Waals surface area contributed by atoms with Gasteiger partial charge in [-0.2, -0.15) is 0 Å². The number of hydrogen-bond donors (Lipinski definition) is 2. The van der Waals surface area contributed by atoms with Crippen molar-refractivity contribution in [2.24, 2.45) is 0 Å². The molecule has 0 spiro atoms. The number of likely N-dealkylation sites (N-methyl/N-ethyl adjacent to an activating group) is 1. The SMILES string of the molecule is CCN(C(=O)Cn1cnc(N)n1)C(Cc1ccccc1)C(=O)O. The molecule has 0 saturated heterocycles. The van der Waals surface area contributed by atoms with Gasteiger partial charge in [0.05, 0.1) is 0 Å². The number of nitrogens with two attached hydrogens (primary N) is 1. The van der Waals surface area contributed by atoms with Crippen molar-refractivity contribution in [1.82, 2.24) is 19.7 Å². The Morgan fingerprint density at radius 1 is 1.35 bits per heavy atom. The van der Waals surface area contributed by atoms with Crippen molar-refractivity contribution in [2.45, 2.75) is 25.9 Å². The zero-order valence-electron chi connectivity index (χ0n) is 12.8. The number of aliphatic carboxylic acids is 1. The van der Waals surface area contributed by atoms with Crippen LogP contribution < -0.4 is 5.73 Å². The minimum absolute atomic E-state index is 0.0694. The van der Waals surface area contributed by atoms with Gasteiger partial charge in [0.2, 0.25) is 11.9 Å². The molecule has 8 heteroatoms. The lowest BCUT2D eigenvalue weighted by Gasteiger charge is -2.28. The second-order valence-electron chi connectivity index (χ2n) is 5.02. The average Bonchev–Trinajstić information content (AvgIpc) is 2.93. The number of hydrogen-bond acceptors (Lipinski definition) is 5. The first kappa shape index (κ1) is 16.5.